The number of hydrogen-bond donors (Lipinski definition) is 1. The first-order valence-corrected chi connectivity index (χ1v) is 6.37. The van der Waals surface area contributed by atoms with Crippen LogP contribution in [0, 0.1) is 0 Å². The lowest BCUT2D eigenvalue weighted by atomic mass is 10.1. The van der Waals surface area contributed by atoms with Gasteiger partial charge in [-0.05, 0) is 25.6 Å². The highest BCUT2D eigenvalue weighted by atomic mass is 35.5. The second-order valence-corrected chi connectivity index (χ2v) is 4.50. The number of rotatable bonds is 4. The lowest BCUT2D eigenvalue weighted by molar-refractivity contribution is 0.787. The van der Waals surface area contributed by atoms with Gasteiger partial charge in [0.05, 0.1) is 0 Å². The summed E-state index contributed by atoms with van der Waals surface area (Å²) in [5.41, 5.74) is 3.17. The van der Waals surface area contributed by atoms with Crippen LogP contribution in [-0.2, 0) is 13.0 Å². The van der Waals surface area contributed by atoms with E-state index in [9.17, 15) is 0 Å². The first-order valence-electron chi connectivity index (χ1n) is 6.00. The molecule has 0 bridgehead atoms. The minimum atomic E-state index is 0.702. The molecular weight excluding hydrogens is 246 g/mol. The molecule has 2 aromatic rings. The van der Waals surface area contributed by atoms with Crippen molar-refractivity contribution in [3.8, 4) is 11.4 Å². The molecule has 0 aliphatic carbocycles. The minimum Gasteiger partial charge on any atom is -0.316 e. The molecule has 0 spiro atoms. The summed E-state index contributed by atoms with van der Waals surface area (Å²) in [6, 6.07) is 7.61. The Hall–Kier alpha value is -1.45. The van der Waals surface area contributed by atoms with Gasteiger partial charge in [-0.3, -0.25) is 0 Å². The van der Waals surface area contributed by atoms with E-state index in [0.717, 1.165) is 35.6 Å². The van der Waals surface area contributed by atoms with Crippen molar-refractivity contribution in [2.45, 2.75) is 19.9 Å². The van der Waals surface area contributed by atoms with Crippen LogP contribution in [0.25, 0.3) is 11.4 Å². The van der Waals surface area contributed by atoms with Crippen molar-refractivity contribution in [3.05, 3.63) is 46.7 Å². The molecule has 0 saturated carbocycles. The number of benzene rings is 1. The van der Waals surface area contributed by atoms with E-state index in [0.29, 0.717) is 5.02 Å². The van der Waals surface area contributed by atoms with Gasteiger partial charge in [-0.2, -0.15) is 0 Å². The quantitative estimate of drug-likeness (QED) is 0.919. The van der Waals surface area contributed by atoms with Crippen molar-refractivity contribution >= 4 is 11.6 Å². The van der Waals surface area contributed by atoms with Crippen LogP contribution in [0.4, 0.5) is 0 Å². The summed E-state index contributed by atoms with van der Waals surface area (Å²) in [6.45, 7) is 2.89. The Kier molecular flexibility index (Phi) is 4.28. The standard InChI is InChI=1S/C14H16ClN3/c1-3-13-11(8-16-2)9-17-14(18-13)10-5-4-6-12(15)7-10/h4-7,9,16H,3,8H2,1-2H3. The van der Waals surface area contributed by atoms with Gasteiger partial charge in [0.25, 0.3) is 0 Å². The van der Waals surface area contributed by atoms with Crippen LogP contribution in [0.3, 0.4) is 0 Å². The van der Waals surface area contributed by atoms with Gasteiger partial charge in [0.1, 0.15) is 0 Å². The van der Waals surface area contributed by atoms with E-state index >= 15 is 0 Å². The molecule has 3 nitrogen and oxygen atoms in total. The van der Waals surface area contributed by atoms with E-state index in [-0.39, 0.29) is 0 Å². The first kappa shape index (κ1) is 13.0. The predicted octanol–water partition coefficient (Wildman–Crippen LogP) is 3.08. The smallest absolute Gasteiger partial charge is 0.159 e. The minimum absolute atomic E-state index is 0.702. The molecule has 0 aliphatic heterocycles. The molecule has 1 aromatic heterocycles. The van der Waals surface area contributed by atoms with Crippen LogP contribution in [-0.4, -0.2) is 17.0 Å². The molecule has 0 radical (unpaired) electrons. The molecule has 0 saturated heterocycles. The van der Waals surface area contributed by atoms with E-state index in [1.807, 2.05) is 37.5 Å². The maximum atomic E-state index is 5.98. The molecule has 4 heteroatoms. The zero-order valence-electron chi connectivity index (χ0n) is 10.6. The summed E-state index contributed by atoms with van der Waals surface area (Å²) >= 11 is 5.98. The number of halogens is 1. The largest absolute Gasteiger partial charge is 0.316 e. The molecule has 18 heavy (non-hydrogen) atoms. The number of aryl methyl sites for hydroxylation is 1. The van der Waals surface area contributed by atoms with Crippen LogP contribution in [0.2, 0.25) is 5.02 Å². The van der Waals surface area contributed by atoms with Gasteiger partial charge in [-0.1, -0.05) is 30.7 Å². The fourth-order valence-corrected chi connectivity index (χ4v) is 2.04. The van der Waals surface area contributed by atoms with Crippen molar-refractivity contribution in [1.29, 1.82) is 0 Å². The predicted molar refractivity (Wildman–Crippen MR) is 74.6 cm³/mol. The van der Waals surface area contributed by atoms with Gasteiger partial charge < -0.3 is 5.32 Å². The van der Waals surface area contributed by atoms with Gasteiger partial charge >= 0.3 is 0 Å². The summed E-state index contributed by atoms with van der Waals surface area (Å²) in [5.74, 6) is 0.731. The molecule has 0 amide bonds. The topological polar surface area (TPSA) is 37.8 Å². The number of nitrogens with one attached hydrogen (secondary N) is 1. The van der Waals surface area contributed by atoms with Crippen LogP contribution in [0.1, 0.15) is 18.2 Å². The third-order valence-electron chi connectivity index (χ3n) is 2.74. The normalized spacial score (nSPS) is 10.6. The highest BCUT2D eigenvalue weighted by Crippen LogP contribution is 2.20. The third-order valence-corrected chi connectivity index (χ3v) is 2.97. The van der Waals surface area contributed by atoms with Crippen molar-refractivity contribution in [2.75, 3.05) is 7.05 Å². The SMILES string of the molecule is CCc1nc(-c2cccc(Cl)c2)ncc1CNC. The van der Waals surface area contributed by atoms with Gasteiger partial charge in [0, 0.05) is 34.6 Å². The summed E-state index contributed by atoms with van der Waals surface area (Å²) in [7, 11) is 1.92. The van der Waals surface area contributed by atoms with E-state index in [1.165, 1.54) is 0 Å². The van der Waals surface area contributed by atoms with E-state index < -0.39 is 0 Å². The fourth-order valence-electron chi connectivity index (χ4n) is 1.85. The van der Waals surface area contributed by atoms with E-state index in [1.54, 1.807) is 0 Å². The highest BCUT2D eigenvalue weighted by Gasteiger charge is 2.07. The Morgan fingerprint density at radius 3 is 2.83 bits per heavy atom. The molecular formula is C14H16ClN3. The Balaban J connectivity index is 2.41. The average Bonchev–Trinajstić information content (AvgIpc) is 2.39. The molecule has 0 unspecified atom stereocenters. The summed E-state index contributed by atoms with van der Waals surface area (Å²) < 4.78 is 0. The highest BCUT2D eigenvalue weighted by molar-refractivity contribution is 6.30. The zero-order chi connectivity index (χ0) is 13.0. The van der Waals surface area contributed by atoms with E-state index in [2.05, 4.69) is 22.2 Å². The molecule has 1 aromatic carbocycles. The zero-order valence-corrected chi connectivity index (χ0v) is 11.3. The van der Waals surface area contributed by atoms with Crippen LogP contribution in [0.5, 0.6) is 0 Å². The van der Waals surface area contributed by atoms with Crippen molar-refractivity contribution in [3.63, 3.8) is 0 Å². The van der Waals surface area contributed by atoms with Gasteiger partial charge in [-0.15, -0.1) is 0 Å². The lowest BCUT2D eigenvalue weighted by Gasteiger charge is -2.08. The molecule has 0 atom stereocenters. The first-order chi connectivity index (χ1) is 8.74. The summed E-state index contributed by atoms with van der Waals surface area (Å²) in [5, 5.41) is 3.83. The van der Waals surface area contributed by atoms with Crippen molar-refractivity contribution in [2.24, 2.45) is 0 Å². The Morgan fingerprint density at radius 1 is 1.33 bits per heavy atom. The fraction of sp³-hybridized carbons (Fsp3) is 0.286. The van der Waals surface area contributed by atoms with Crippen LogP contribution >= 0.6 is 11.6 Å². The van der Waals surface area contributed by atoms with Crippen LogP contribution in [0.15, 0.2) is 30.5 Å². The lowest BCUT2D eigenvalue weighted by Crippen LogP contribution is -2.10. The Morgan fingerprint density at radius 2 is 2.17 bits per heavy atom. The number of hydrogen-bond acceptors (Lipinski definition) is 3. The Labute approximate surface area is 112 Å². The van der Waals surface area contributed by atoms with Crippen molar-refractivity contribution in [1.82, 2.24) is 15.3 Å². The molecule has 0 aliphatic rings. The Bertz CT molecular complexity index is 540. The monoisotopic (exact) mass is 261 g/mol. The van der Waals surface area contributed by atoms with Gasteiger partial charge in [0.2, 0.25) is 0 Å². The maximum absolute atomic E-state index is 5.98. The molecule has 1 heterocycles. The number of aromatic nitrogens is 2. The average molecular weight is 262 g/mol. The summed E-state index contributed by atoms with van der Waals surface area (Å²) in [4.78, 5) is 9.02. The molecule has 1 N–H and O–H groups in total. The second kappa shape index (κ2) is 5.94. The second-order valence-electron chi connectivity index (χ2n) is 4.06. The van der Waals surface area contributed by atoms with Crippen LogP contribution < -0.4 is 5.32 Å². The summed E-state index contributed by atoms with van der Waals surface area (Å²) in [6.07, 6.45) is 2.78. The van der Waals surface area contributed by atoms with Crippen molar-refractivity contribution < 1.29 is 0 Å². The van der Waals surface area contributed by atoms with Gasteiger partial charge in [-0.25, -0.2) is 9.97 Å². The van der Waals surface area contributed by atoms with E-state index in [4.69, 9.17) is 11.6 Å². The molecule has 2 rings (SSSR count). The molecule has 94 valence electrons. The maximum Gasteiger partial charge on any atom is 0.159 e. The molecule has 0 fully saturated rings. The third kappa shape index (κ3) is 2.86. The van der Waals surface area contributed by atoms with Gasteiger partial charge in [0.15, 0.2) is 5.82 Å². The number of nitrogens with zero attached hydrogens (tertiary/aromatic N) is 2.